The molecule has 29 heavy (non-hydrogen) atoms. The quantitative estimate of drug-likeness (QED) is 0.464. The molecule has 0 N–H and O–H groups in total. The van der Waals surface area contributed by atoms with Crippen LogP contribution in [0.2, 0.25) is 10.0 Å². The lowest BCUT2D eigenvalue weighted by Gasteiger charge is -2.22. The van der Waals surface area contributed by atoms with Crippen molar-refractivity contribution < 1.29 is 22.7 Å². The molecule has 1 heterocycles. The Kier molecular flexibility index (Phi) is 6.19. The van der Waals surface area contributed by atoms with E-state index in [-0.39, 0.29) is 29.3 Å². The monoisotopic (exact) mass is 442 g/mol. The minimum Gasteiger partial charge on any atom is -0.460 e. The van der Waals surface area contributed by atoms with Gasteiger partial charge in [0.05, 0.1) is 22.6 Å². The first-order valence-electron chi connectivity index (χ1n) is 8.47. The van der Waals surface area contributed by atoms with Crippen LogP contribution in [0.5, 0.6) is 0 Å². The summed E-state index contributed by atoms with van der Waals surface area (Å²) in [6, 6.07) is 11.9. The van der Waals surface area contributed by atoms with Crippen molar-refractivity contribution in [2.45, 2.75) is 6.18 Å². The molecule has 1 aromatic heterocycles. The maximum atomic E-state index is 13.2. The van der Waals surface area contributed by atoms with E-state index in [4.69, 9.17) is 27.9 Å². The first-order chi connectivity index (χ1) is 13.7. The lowest BCUT2D eigenvalue weighted by molar-refractivity contribution is -0.140. The van der Waals surface area contributed by atoms with Crippen molar-refractivity contribution in [1.82, 2.24) is 4.98 Å². The number of hydrogen-bond acceptors (Lipinski definition) is 4. The average Bonchev–Trinajstić information content (AvgIpc) is 2.66. The van der Waals surface area contributed by atoms with Crippen LogP contribution in [0.15, 0.2) is 48.5 Å². The summed E-state index contributed by atoms with van der Waals surface area (Å²) >= 11 is 11.8. The number of alkyl halides is 3. The molecule has 0 unspecified atom stereocenters. The molecule has 0 aliphatic carbocycles. The molecule has 3 aromatic rings. The molecular formula is C20H15Cl2F3N2O2. The fourth-order valence-corrected chi connectivity index (χ4v) is 3.23. The van der Waals surface area contributed by atoms with Crippen LogP contribution in [0.1, 0.15) is 16.1 Å². The molecule has 3 rings (SSSR count). The van der Waals surface area contributed by atoms with E-state index in [1.807, 2.05) is 0 Å². The number of hydrogen-bond donors (Lipinski definition) is 0. The molecular weight excluding hydrogens is 428 g/mol. The van der Waals surface area contributed by atoms with E-state index in [9.17, 15) is 18.0 Å². The summed E-state index contributed by atoms with van der Waals surface area (Å²) in [6.07, 6.45) is -4.57. The summed E-state index contributed by atoms with van der Waals surface area (Å²) in [5.74, 6) is -0.643. The van der Waals surface area contributed by atoms with Crippen LogP contribution in [0, 0.1) is 0 Å². The molecule has 0 aliphatic rings. The minimum atomic E-state index is -4.57. The van der Waals surface area contributed by atoms with Gasteiger partial charge in [0.25, 0.3) is 0 Å². The van der Waals surface area contributed by atoms with Gasteiger partial charge >= 0.3 is 12.1 Å². The molecule has 4 nitrogen and oxygen atoms in total. The van der Waals surface area contributed by atoms with Crippen molar-refractivity contribution in [3.8, 4) is 0 Å². The van der Waals surface area contributed by atoms with Gasteiger partial charge in [-0.15, -0.1) is 0 Å². The van der Waals surface area contributed by atoms with Crippen molar-refractivity contribution in [2.75, 3.05) is 25.1 Å². The molecule has 0 bridgehead atoms. The van der Waals surface area contributed by atoms with Gasteiger partial charge in [-0.1, -0.05) is 41.4 Å². The first-order valence-corrected chi connectivity index (χ1v) is 9.22. The van der Waals surface area contributed by atoms with E-state index in [1.165, 1.54) is 24.3 Å². The lowest BCUT2D eigenvalue weighted by Crippen LogP contribution is -2.25. The fourth-order valence-electron chi connectivity index (χ4n) is 2.75. The molecule has 0 saturated heterocycles. The second-order valence-corrected chi connectivity index (χ2v) is 7.07. The van der Waals surface area contributed by atoms with Gasteiger partial charge in [-0.3, -0.25) is 0 Å². The highest BCUT2D eigenvalue weighted by atomic mass is 35.5. The number of carbonyl (C=O) groups is 1. The van der Waals surface area contributed by atoms with Crippen LogP contribution in [-0.2, 0) is 10.9 Å². The number of ether oxygens (including phenoxy) is 1. The molecule has 0 radical (unpaired) electrons. The van der Waals surface area contributed by atoms with Gasteiger partial charge in [0, 0.05) is 23.1 Å². The third-order valence-electron chi connectivity index (χ3n) is 4.21. The Morgan fingerprint density at radius 3 is 2.55 bits per heavy atom. The zero-order chi connectivity index (χ0) is 21.2. The van der Waals surface area contributed by atoms with E-state index < -0.39 is 17.8 Å². The highest BCUT2D eigenvalue weighted by Gasteiger charge is 2.33. The van der Waals surface area contributed by atoms with Gasteiger partial charge in [0.15, 0.2) is 0 Å². The van der Waals surface area contributed by atoms with Gasteiger partial charge in [-0.05, 0) is 30.3 Å². The van der Waals surface area contributed by atoms with Gasteiger partial charge in [0.1, 0.15) is 12.3 Å². The lowest BCUT2D eigenvalue weighted by atomic mass is 10.1. The van der Waals surface area contributed by atoms with Crippen LogP contribution < -0.4 is 4.90 Å². The number of esters is 1. The number of para-hydroxylation sites is 1. The van der Waals surface area contributed by atoms with Crippen LogP contribution in [0.25, 0.3) is 10.9 Å². The smallest absolute Gasteiger partial charge is 0.433 e. The number of pyridine rings is 1. The SMILES string of the molecule is CN(CCOC(=O)c1ccc(Cl)cc1Cl)c1cc(C(F)(F)F)nc2ccccc12. The van der Waals surface area contributed by atoms with E-state index in [1.54, 1.807) is 30.1 Å². The van der Waals surface area contributed by atoms with E-state index in [0.29, 0.717) is 16.1 Å². The number of aromatic nitrogens is 1. The zero-order valence-electron chi connectivity index (χ0n) is 15.1. The van der Waals surface area contributed by atoms with Crippen LogP contribution in [-0.4, -0.2) is 31.2 Å². The molecule has 0 amide bonds. The van der Waals surface area contributed by atoms with Gasteiger partial charge < -0.3 is 9.64 Å². The predicted molar refractivity (Wildman–Crippen MR) is 107 cm³/mol. The van der Waals surface area contributed by atoms with Crippen LogP contribution >= 0.6 is 23.2 Å². The second-order valence-electron chi connectivity index (χ2n) is 6.22. The number of likely N-dealkylation sites (N-methyl/N-ethyl adjacent to an activating group) is 1. The van der Waals surface area contributed by atoms with Crippen molar-refractivity contribution in [2.24, 2.45) is 0 Å². The summed E-state index contributed by atoms with van der Waals surface area (Å²) in [4.78, 5) is 17.4. The molecule has 0 saturated carbocycles. The molecule has 152 valence electrons. The van der Waals surface area contributed by atoms with Crippen molar-refractivity contribution in [1.29, 1.82) is 0 Å². The summed E-state index contributed by atoms with van der Waals surface area (Å²) in [6.45, 7) is 0.120. The third-order valence-corrected chi connectivity index (χ3v) is 4.75. The van der Waals surface area contributed by atoms with E-state index in [2.05, 4.69) is 4.98 Å². The zero-order valence-corrected chi connectivity index (χ0v) is 16.6. The summed E-state index contributed by atoms with van der Waals surface area (Å²) in [7, 11) is 1.62. The molecule has 0 atom stereocenters. The number of benzene rings is 2. The predicted octanol–water partition coefficient (Wildman–Crippen LogP) is 5.85. The Hall–Kier alpha value is -2.51. The fraction of sp³-hybridized carbons (Fsp3) is 0.200. The molecule has 0 aliphatic heterocycles. The van der Waals surface area contributed by atoms with E-state index >= 15 is 0 Å². The molecule has 0 spiro atoms. The summed E-state index contributed by atoms with van der Waals surface area (Å²) < 4.78 is 44.8. The molecule has 0 fully saturated rings. The number of fused-ring (bicyclic) bond motifs is 1. The van der Waals surface area contributed by atoms with Gasteiger partial charge in [-0.2, -0.15) is 13.2 Å². The van der Waals surface area contributed by atoms with E-state index in [0.717, 1.165) is 6.07 Å². The largest absolute Gasteiger partial charge is 0.460 e. The Bertz CT molecular complexity index is 1060. The Balaban J connectivity index is 1.76. The Labute approximate surface area is 174 Å². The van der Waals surface area contributed by atoms with Crippen molar-refractivity contribution in [3.63, 3.8) is 0 Å². The van der Waals surface area contributed by atoms with Gasteiger partial charge in [-0.25, -0.2) is 9.78 Å². The summed E-state index contributed by atoms with van der Waals surface area (Å²) in [5, 5.41) is 1.11. The van der Waals surface area contributed by atoms with Crippen LogP contribution in [0.3, 0.4) is 0 Å². The standard InChI is InChI=1S/C20H15Cl2F3N2O2/c1-27(8-9-29-19(28)13-7-6-12(21)10-15(13)22)17-11-18(20(23,24)25)26-16-5-3-2-4-14(16)17/h2-7,10-11H,8-9H2,1H3. The highest BCUT2D eigenvalue weighted by Crippen LogP contribution is 2.34. The Morgan fingerprint density at radius 2 is 1.86 bits per heavy atom. The molecule has 2 aromatic carbocycles. The van der Waals surface area contributed by atoms with Crippen molar-refractivity contribution >= 4 is 45.8 Å². The number of rotatable bonds is 5. The van der Waals surface area contributed by atoms with Crippen LogP contribution in [0.4, 0.5) is 18.9 Å². The Morgan fingerprint density at radius 1 is 1.14 bits per heavy atom. The van der Waals surface area contributed by atoms with Crippen molar-refractivity contribution in [3.05, 3.63) is 69.8 Å². The highest BCUT2D eigenvalue weighted by molar-refractivity contribution is 6.36. The third kappa shape index (κ3) is 4.92. The number of halogens is 5. The summed E-state index contributed by atoms with van der Waals surface area (Å²) in [5.41, 5.74) is -0.256. The second kappa shape index (κ2) is 8.47. The first kappa shape index (κ1) is 21.2. The maximum absolute atomic E-state index is 13.2. The average molecular weight is 443 g/mol. The van der Waals surface area contributed by atoms with Gasteiger partial charge in [0.2, 0.25) is 0 Å². The topological polar surface area (TPSA) is 42.4 Å². The minimum absolute atomic E-state index is 0.0493. The number of nitrogens with zero attached hydrogens (tertiary/aromatic N) is 2. The molecule has 9 heteroatoms. The maximum Gasteiger partial charge on any atom is 0.433 e. The normalized spacial score (nSPS) is 11.5. The number of carbonyl (C=O) groups excluding carboxylic acids is 1. The number of anilines is 1.